The fraction of sp³-hybridized carbons (Fsp3) is 0.312. The Morgan fingerprint density at radius 2 is 1.95 bits per heavy atom. The SMILES string of the molecule is [C-]#[N+]C1(C)C=CC=CC1S(=O)(=O)CCc1ccc(F)cc1. The highest BCUT2D eigenvalue weighted by atomic mass is 32.2. The van der Waals surface area contributed by atoms with E-state index in [4.69, 9.17) is 6.57 Å². The van der Waals surface area contributed by atoms with E-state index in [0.717, 1.165) is 5.56 Å². The average molecular weight is 305 g/mol. The van der Waals surface area contributed by atoms with Crippen LogP contribution in [0.2, 0.25) is 0 Å². The molecule has 2 atom stereocenters. The number of allylic oxidation sites excluding steroid dienone is 2. The fourth-order valence-electron chi connectivity index (χ4n) is 2.33. The van der Waals surface area contributed by atoms with Gasteiger partial charge in [-0.3, -0.25) is 0 Å². The molecule has 0 fully saturated rings. The Balaban J connectivity index is 2.15. The van der Waals surface area contributed by atoms with Gasteiger partial charge in [0.25, 0.3) is 5.54 Å². The van der Waals surface area contributed by atoms with Crippen molar-refractivity contribution in [3.63, 3.8) is 0 Å². The second kappa shape index (κ2) is 5.82. The summed E-state index contributed by atoms with van der Waals surface area (Å²) in [4.78, 5) is 3.48. The first-order valence-corrected chi connectivity index (χ1v) is 8.29. The Hall–Kier alpha value is -1.93. The van der Waals surface area contributed by atoms with Gasteiger partial charge in [-0.1, -0.05) is 30.4 Å². The first-order chi connectivity index (χ1) is 9.87. The Bertz CT molecular complexity index is 714. The lowest BCUT2D eigenvalue weighted by Gasteiger charge is -2.24. The molecule has 3 nitrogen and oxygen atoms in total. The lowest BCUT2D eigenvalue weighted by Crippen LogP contribution is -2.41. The van der Waals surface area contributed by atoms with Gasteiger partial charge in [0, 0.05) is 13.0 Å². The topological polar surface area (TPSA) is 38.5 Å². The number of hydrogen-bond donors (Lipinski definition) is 0. The van der Waals surface area contributed by atoms with Gasteiger partial charge in [-0.2, -0.15) is 0 Å². The van der Waals surface area contributed by atoms with Crippen molar-refractivity contribution in [2.45, 2.75) is 24.1 Å². The van der Waals surface area contributed by atoms with E-state index in [2.05, 4.69) is 4.85 Å². The van der Waals surface area contributed by atoms with Gasteiger partial charge in [0.2, 0.25) is 0 Å². The third kappa shape index (κ3) is 3.40. The molecular weight excluding hydrogens is 289 g/mol. The van der Waals surface area contributed by atoms with Crippen LogP contribution in [0.15, 0.2) is 48.6 Å². The third-order valence-electron chi connectivity index (χ3n) is 3.62. The van der Waals surface area contributed by atoms with Gasteiger partial charge in [-0.25, -0.2) is 19.4 Å². The maximum absolute atomic E-state index is 12.8. The van der Waals surface area contributed by atoms with Crippen LogP contribution < -0.4 is 0 Å². The van der Waals surface area contributed by atoms with Crippen molar-refractivity contribution in [2.75, 3.05) is 5.75 Å². The number of nitrogens with zero attached hydrogens (tertiary/aromatic N) is 1. The van der Waals surface area contributed by atoms with E-state index >= 15 is 0 Å². The quantitative estimate of drug-likeness (QED) is 0.802. The van der Waals surface area contributed by atoms with Crippen molar-refractivity contribution in [2.24, 2.45) is 0 Å². The van der Waals surface area contributed by atoms with Crippen LogP contribution in [0, 0.1) is 12.4 Å². The van der Waals surface area contributed by atoms with Gasteiger partial charge < -0.3 is 4.85 Å². The summed E-state index contributed by atoms with van der Waals surface area (Å²) in [6, 6.07) is 5.79. The molecule has 0 saturated carbocycles. The van der Waals surface area contributed by atoms with Gasteiger partial charge in [0.15, 0.2) is 15.1 Å². The van der Waals surface area contributed by atoms with Crippen molar-refractivity contribution in [1.82, 2.24) is 0 Å². The maximum atomic E-state index is 12.8. The number of benzene rings is 1. The lowest BCUT2D eigenvalue weighted by atomic mass is 9.94. The minimum absolute atomic E-state index is 0.0629. The first kappa shape index (κ1) is 15.5. The summed E-state index contributed by atoms with van der Waals surface area (Å²) in [5.41, 5.74) is -0.295. The zero-order valence-electron chi connectivity index (χ0n) is 11.7. The van der Waals surface area contributed by atoms with Gasteiger partial charge >= 0.3 is 0 Å². The Labute approximate surface area is 124 Å². The Morgan fingerprint density at radius 3 is 2.57 bits per heavy atom. The van der Waals surface area contributed by atoms with E-state index in [0.29, 0.717) is 6.42 Å². The van der Waals surface area contributed by atoms with Crippen LogP contribution in [0.3, 0.4) is 0 Å². The van der Waals surface area contributed by atoms with E-state index in [1.165, 1.54) is 12.1 Å². The van der Waals surface area contributed by atoms with Crippen LogP contribution in [0.1, 0.15) is 12.5 Å². The van der Waals surface area contributed by atoms with Crippen LogP contribution in [0.25, 0.3) is 4.85 Å². The zero-order valence-corrected chi connectivity index (χ0v) is 12.5. The lowest BCUT2D eigenvalue weighted by molar-refractivity contribution is 0.566. The van der Waals surface area contributed by atoms with Crippen molar-refractivity contribution >= 4 is 9.84 Å². The van der Waals surface area contributed by atoms with E-state index in [-0.39, 0.29) is 11.6 Å². The van der Waals surface area contributed by atoms with Gasteiger partial charge in [-0.05, 0) is 24.1 Å². The molecule has 1 aromatic rings. The van der Waals surface area contributed by atoms with Crippen molar-refractivity contribution in [3.8, 4) is 0 Å². The molecule has 5 heteroatoms. The minimum Gasteiger partial charge on any atom is -0.304 e. The van der Waals surface area contributed by atoms with E-state index in [9.17, 15) is 12.8 Å². The number of aryl methyl sites for hydroxylation is 1. The molecule has 0 amide bonds. The van der Waals surface area contributed by atoms with Crippen molar-refractivity contribution in [3.05, 3.63) is 71.4 Å². The maximum Gasteiger partial charge on any atom is 0.268 e. The summed E-state index contributed by atoms with van der Waals surface area (Å²) in [5, 5.41) is -0.840. The second-order valence-corrected chi connectivity index (χ2v) is 7.49. The van der Waals surface area contributed by atoms with Gasteiger partial charge in [0.05, 0.1) is 5.75 Å². The molecule has 0 radical (unpaired) electrons. The normalized spacial score (nSPS) is 24.7. The number of halogens is 1. The minimum atomic E-state index is -3.46. The number of hydrogen-bond acceptors (Lipinski definition) is 2. The molecule has 110 valence electrons. The molecule has 0 aliphatic heterocycles. The summed E-state index contributed by atoms with van der Waals surface area (Å²) >= 11 is 0. The highest BCUT2D eigenvalue weighted by molar-refractivity contribution is 7.92. The summed E-state index contributed by atoms with van der Waals surface area (Å²) in [6.07, 6.45) is 6.86. The highest BCUT2D eigenvalue weighted by Crippen LogP contribution is 2.29. The molecule has 0 spiro atoms. The van der Waals surface area contributed by atoms with E-state index < -0.39 is 20.6 Å². The number of sulfone groups is 1. The average Bonchev–Trinajstić information content (AvgIpc) is 2.47. The molecule has 0 heterocycles. The fourth-order valence-corrected chi connectivity index (χ4v) is 4.29. The Kier molecular flexibility index (Phi) is 4.29. The molecule has 21 heavy (non-hydrogen) atoms. The van der Waals surface area contributed by atoms with Crippen LogP contribution >= 0.6 is 0 Å². The standard InChI is InChI=1S/C16H16FNO2S/c1-16(18-2)11-4-3-5-15(16)21(19,20)12-10-13-6-8-14(17)9-7-13/h3-9,11,15H,10,12H2,1H3. The third-order valence-corrected chi connectivity index (χ3v) is 5.80. The van der Waals surface area contributed by atoms with Crippen molar-refractivity contribution in [1.29, 1.82) is 0 Å². The molecule has 2 rings (SSSR count). The predicted octanol–water partition coefficient (Wildman–Crippen LogP) is 2.96. The summed E-state index contributed by atoms with van der Waals surface area (Å²) in [6.45, 7) is 8.88. The molecule has 0 bridgehead atoms. The Morgan fingerprint density at radius 1 is 1.29 bits per heavy atom. The molecule has 0 saturated heterocycles. The van der Waals surface area contributed by atoms with Crippen LogP contribution in [-0.2, 0) is 16.3 Å². The molecule has 1 aliphatic carbocycles. The molecule has 1 aliphatic rings. The highest BCUT2D eigenvalue weighted by Gasteiger charge is 2.45. The second-order valence-electron chi connectivity index (χ2n) is 5.25. The molecule has 2 unspecified atom stereocenters. The van der Waals surface area contributed by atoms with Gasteiger partial charge in [0.1, 0.15) is 5.82 Å². The monoisotopic (exact) mass is 305 g/mol. The smallest absolute Gasteiger partial charge is 0.268 e. The summed E-state index contributed by atoms with van der Waals surface area (Å²) in [5.74, 6) is -0.408. The largest absolute Gasteiger partial charge is 0.304 e. The summed E-state index contributed by atoms with van der Waals surface area (Å²) in [7, 11) is -3.46. The molecule has 0 N–H and O–H groups in total. The van der Waals surface area contributed by atoms with Crippen LogP contribution in [0.4, 0.5) is 4.39 Å². The van der Waals surface area contributed by atoms with Crippen molar-refractivity contribution < 1.29 is 12.8 Å². The number of rotatable bonds is 4. The van der Waals surface area contributed by atoms with E-state index in [1.54, 1.807) is 43.4 Å². The predicted molar refractivity (Wildman–Crippen MR) is 81.0 cm³/mol. The summed E-state index contributed by atoms with van der Waals surface area (Å²) < 4.78 is 37.8. The molecular formula is C16H16FNO2S. The first-order valence-electron chi connectivity index (χ1n) is 6.58. The van der Waals surface area contributed by atoms with Crippen LogP contribution in [0.5, 0.6) is 0 Å². The molecule has 0 aromatic heterocycles. The van der Waals surface area contributed by atoms with Gasteiger partial charge in [-0.15, -0.1) is 0 Å². The van der Waals surface area contributed by atoms with Crippen LogP contribution in [-0.4, -0.2) is 25.0 Å². The molecule has 1 aromatic carbocycles. The zero-order chi connectivity index (χ0) is 15.5. The van der Waals surface area contributed by atoms with E-state index in [1.807, 2.05) is 0 Å².